The zero-order chi connectivity index (χ0) is 19.4. The molecule has 1 aliphatic rings. The van der Waals surface area contributed by atoms with E-state index in [1.165, 1.54) is 11.8 Å². The summed E-state index contributed by atoms with van der Waals surface area (Å²) in [6.45, 7) is 1.88. The Bertz CT molecular complexity index is 806. The summed E-state index contributed by atoms with van der Waals surface area (Å²) in [5, 5.41) is 9.99. The average Bonchev–Trinajstić information content (AvgIpc) is 3.10. The molecule has 1 aliphatic heterocycles. The number of piperidine rings is 1. The van der Waals surface area contributed by atoms with Gasteiger partial charge in [0.25, 0.3) is 0 Å². The van der Waals surface area contributed by atoms with Gasteiger partial charge in [-0.05, 0) is 37.6 Å². The van der Waals surface area contributed by atoms with Crippen molar-refractivity contribution in [2.24, 2.45) is 7.05 Å². The lowest BCUT2D eigenvalue weighted by atomic mass is 9.93. The van der Waals surface area contributed by atoms with Gasteiger partial charge in [0.1, 0.15) is 5.75 Å². The quantitative estimate of drug-likeness (QED) is 0.740. The molecule has 1 fully saturated rings. The monoisotopic (exact) mass is 388 g/mol. The van der Waals surface area contributed by atoms with Gasteiger partial charge in [-0.25, -0.2) is 0 Å². The van der Waals surface area contributed by atoms with Crippen LogP contribution in [0.15, 0.2) is 41.6 Å². The van der Waals surface area contributed by atoms with Gasteiger partial charge in [0.15, 0.2) is 0 Å². The second-order valence-corrected chi connectivity index (χ2v) is 8.00. The molecule has 3 rings (SSSR count). The van der Waals surface area contributed by atoms with Gasteiger partial charge < -0.3 is 15.4 Å². The number of amides is 2. The van der Waals surface area contributed by atoms with Crippen LogP contribution < -0.4 is 15.4 Å². The van der Waals surface area contributed by atoms with Crippen LogP contribution in [0.25, 0.3) is 0 Å². The summed E-state index contributed by atoms with van der Waals surface area (Å²) < 4.78 is 6.85. The molecule has 2 heterocycles. The minimum atomic E-state index is -0.262. The first-order chi connectivity index (χ1) is 13.0. The van der Waals surface area contributed by atoms with Crippen LogP contribution in [0.4, 0.5) is 0 Å². The number of hydrogen-bond donors (Lipinski definition) is 2. The number of carbonyl (C=O) groups is 2. The maximum Gasteiger partial charge on any atom is 0.233 e. The van der Waals surface area contributed by atoms with Crippen LogP contribution in [0.2, 0.25) is 0 Å². The van der Waals surface area contributed by atoms with Crippen molar-refractivity contribution in [1.82, 2.24) is 20.4 Å². The molecule has 2 unspecified atom stereocenters. The summed E-state index contributed by atoms with van der Waals surface area (Å²) >= 11 is 1.49. The number of methoxy groups -OCH3 is 1. The number of aromatic nitrogens is 2. The Labute approximate surface area is 162 Å². The molecule has 1 saturated heterocycles. The van der Waals surface area contributed by atoms with Gasteiger partial charge in [0.05, 0.1) is 30.6 Å². The molecule has 7 nitrogen and oxygen atoms in total. The second-order valence-electron chi connectivity index (χ2n) is 6.58. The third-order valence-corrected chi connectivity index (χ3v) is 5.67. The maximum absolute atomic E-state index is 12.7. The highest BCUT2D eigenvalue weighted by Crippen LogP contribution is 2.27. The number of thioether (sulfide) groups is 1. The largest absolute Gasteiger partial charge is 0.497 e. The first-order valence-corrected chi connectivity index (χ1v) is 9.73. The Kier molecular flexibility index (Phi) is 6.05. The Morgan fingerprint density at radius 2 is 2.15 bits per heavy atom. The van der Waals surface area contributed by atoms with Crippen LogP contribution in [-0.4, -0.2) is 40.0 Å². The molecule has 2 aromatic rings. The molecule has 3 atom stereocenters. The van der Waals surface area contributed by atoms with Crippen molar-refractivity contribution < 1.29 is 14.3 Å². The third-order valence-electron chi connectivity index (χ3n) is 4.55. The van der Waals surface area contributed by atoms with Gasteiger partial charge in [-0.15, -0.1) is 11.8 Å². The zero-order valence-corrected chi connectivity index (χ0v) is 16.5. The van der Waals surface area contributed by atoms with Gasteiger partial charge in [-0.1, -0.05) is 0 Å². The fraction of sp³-hybridized carbons (Fsp3) is 0.421. The summed E-state index contributed by atoms with van der Waals surface area (Å²) in [7, 11) is 3.45. The van der Waals surface area contributed by atoms with Crippen molar-refractivity contribution in [3.63, 3.8) is 0 Å². The van der Waals surface area contributed by atoms with Crippen LogP contribution in [0.1, 0.15) is 31.4 Å². The fourth-order valence-corrected chi connectivity index (χ4v) is 3.96. The van der Waals surface area contributed by atoms with Crippen molar-refractivity contribution in [3.05, 3.63) is 42.2 Å². The Balaban J connectivity index is 1.64. The maximum atomic E-state index is 12.7. The highest BCUT2D eigenvalue weighted by Gasteiger charge is 2.32. The molecular formula is C19H24N4O3S. The van der Waals surface area contributed by atoms with Crippen LogP contribution >= 0.6 is 11.8 Å². The summed E-state index contributed by atoms with van der Waals surface area (Å²) in [5.74, 6) is 0.731. The first kappa shape index (κ1) is 19.3. The Hall–Kier alpha value is -2.48. The van der Waals surface area contributed by atoms with Crippen LogP contribution in [0, 0.1) is 0 Å². The van der Waals surface area contributed by atoms with E-state index in [1.807, 2.05) is 44.4 Å². The number of nitrogens with one attached hydrogen (secondary N) is 2. The van der Waals surface area contributed by atoms with Gasteiger partial charge in [0, 0.05) is 30.1 Å². The molecule has 0 aliphatic carbocycles. The smallest absolute Gasteiger partial charge is 0.233 e. The van der Waals surface area contributed by atoms with Crippen molar-refractivity contribution in [1.29, 1.82) is 0 Å². The van der Waals surface area contributed by atoms with E-state index in [-0.39, 0.29) is 29.1 Å². The number of benzene rings is 1. The standard InChI is InChI=1S/C19H24N4O3S/c1-12(27-15-6-4-14(26-3)5-7-15)19(25)21-16-8-9-17(24)22-18(16)13-10-20-23(2)11-13/h4-7,10-12,16,18H,8-9H2,1-3H3,(H,21,25)(H,22,24)/t12?,16-,18?/m0/s1. The number of hydrogen-bond acceptors (Lipinski definition) is 5. The predicted molar refractivity (Wildman–Crippen MR) is 104 cm³/mol. The minimum absolute atomic E-state index is 0.00462. The molecule has 0 saturated carbocycles. The van der Waals surface area contributed by atoms with E-state index in [0.29, 0.717) is 12.8 Å². The molecule has 0 bridgehead atoms. The average molecular weight is 388 g/mol. The van der Waals surface area contributed by atoms with Crippen molar-refractivity contribution in [2.45, 2.75) is 42.0 Å². The number of ether oxygens (including phenoxy) is 1. The van der Waals surface area contributed by atoms with E-state index in [1.54, 1.807) is 18.0 Å². The third kappa shape index (κ3) is 4.82. The molecule has 27 heavy (non-hydrogen) atoms. The number of aryl methyl sites for hydroxylation is 1. The number of rotatable bonds is 6. The lowest BCUT2D eigenvalue weighted by Crippen LogP contribution is -2.51. The molecule has 1 aromatic heterocycles. The van der Waals surface area contributed by atoms with Crippen LogP contribution in [-0.2, 0) is 16.6 Å². The van der Waals surface area contributed by atoms with Gasteiger partial charge >= 0.3 is 0 Å². The lowest BCUT2D eigenvalue weighted by Gasteiger charge is -2.33. The van der Waals surface area contributed by atoms with Crippen LogP contribution in [0.5, 0.6) is 5.75 Å². The Morgan fingerprint density at radius 3 is 2.78 bits per heavy atom. The molecule has 8 heteroatoms. The molecular weight excluding hydrogens is 364 g/mol. The van der Waals surface area contributed by atoms with E-state index in [9.17, 15) is 9.59 Å². The summed E-state index contributed by atoms with van der Waals surface area (Å²) in [4.78, 5) is 25.6. The highest BCUT2D eigenvalue weighted by molar-refractivity contribution is 8.00. The topological polar surface area (TPSA) is 85.2 Å². The van der Waals surface area contributed by atoms with Gasteiger partial charge in [-0.2, -0.15) is 5.10 Å². The highest BCUT2D eigenvalue weighted by atomic mass is 32.2. The second kappa shape index (κ2) is 8.47. The van der Waals surface area contributed by atoms with Crippen molar-refractivity contribution in [2.75, 3.05) is 7.11 Å². The van der Waals surface area contributed by atoms with Crippen LogP contribution in [0.3, 0.4) is 0 Å². The predicted octanol–water partition coefficient (Wildman–Crippen LogP) is 2.05. The summed E-state index contributed by atoms with van der Waals surface area (Å²) in [6.07, 6.45) is 4.61. The minimum Gasteiger partial charge on any atom is -0.497 e. The molecule has 2 N–H and O–H groups in total. The molecule has 1 aromatic carbocycles. The normalized spacial score (nSPS) is 20.6. The van der Waals surface area contributed by atoms with Gasteiger partial charge in [-0.3, -0.25) is 14.3 Å². The number of nitrogens with zero attached hydrogens (tertiary/aromatic N) is 2. The number of carbonyl (C=O) groups excluding carboxylic acids is 2. The Morgan fingerprint density at radius 1 is 1.41 bits per heavy atom. The van der Waals surface area contributed by atoms with E-state index in [2.05, 4.69) is 15.7 Å². The van der Waals surface area contributed by atoms with E-state index in [4.69, 9.17) is 4.74 Å². The SMILES string of the molecule is COc1ccc(SC(C)C(=O)N[C@H]2CCC(=O)NC2c2cnn(C)c2)cc1. The lowest BCUT2D eigenvalue weighted by molar-refractivity contribution is -0.126. The van der Waals surface area contributed by atoms with Gasteiger partial charge in [0.2, 0.25) is 11.8 Å². The fourth-order valence-electron chi connectivity index (χ4n) is 3.08. The van der Waals surface area contributed by atoms with Crippen molar-refractivity contribution >= 4 is 23.6 Å². The summed E-state index contributed by atoms with van der Waals surface area (Å²) in [6, 6.07) is 7.21. The van der Waals surface area contributed by atoms with Crippen molar-refractivity contribution in [3.8, 4) is 5.75 Å². The summed E-state index contributed by atoms with van der Waals surface area (Å²) in [5.41, 5.74) is 0.895. The first-order valence-electron chi connectivity index (χ1n) is 8.85. The molecule has 0 radical (unpaired) electrons. The van der Waals surface area contributed by atoms with E-state index < -0.39 is 0 Å². The molecule has 144 valence electrons. The molecule has 0 spiro atoms. The zero-order valence-electron chi connectivity index (χ0n) is 15.6. The molecule has 2 amide bonds. The van der Waals surface area contributed by atoms with E-state index >= 15 is 0 Å². The van der Waals surface area contributed by atoms with E-state index in [0.717, 1.165) is 16.2 Å².